The first-order valence-corrected chi connectivity index (χ1v) is 8.15. The summed E-state index contributed by atoms with van der Waals surface area (Å²) in [6.45, 7) is 7.17. The van der Waals surface area contributed by atoms with Crippen LogP contribution in [-0.4, -0.2) is 11.2 Å². The van der Waals surface area contributed by atoms with Crippen molar-refractivity contribution in [2.75, 3.05) is 0 Å². The molecule has 3 saturated carbocycles. The zero-order valence-electron chi connectivity index (χ0n) is 12.4. The lowest BCUT2D eigenvalue weighted by Gasteiger charge is -2.38. The summed E-state index contributed by atoms with van der Waals surface area (Å²) in [5.74, 6) is 2.29. The Hall–Kier alpha value is -0.0400. The lowest BCUT2D eigenvalue weighted by atomic mass is 9.70. The third-order valence-corrected chi connectivity index (χ3v) is 7.28. The molecule has 3 aliphatic rings. The molecule has 18 heavy (non-hydrogen) atoms. The van der Waals surface area contributed by atoms with Crippen LogP contribution in [0.15, 0.2) is 0 Å². The maximum atomic E-state index is 10.8. The standard InChI is InChI=1S/C17H30O/c1-16(2)14-9-10-17(16,3)15(18)13(14)11-12-7-5-4-6-8-12/h12-15,18H,4-11H2,1-3H3/t13-,14-,15-,17+/m0/s1. The Kier molecular flexibility index (Phi) is 3.05. The average Bonchev–Trinajstić information content (AvgIpc) is 2.65. The molecule has 104 valence electrons. The van der Waals surface area contributed by atoms with Gasteiger partial charge >= 0.3 is 0 Å². The highest BCUT2D eigenvalue weighted by Crippen LogP contribution is 2.68. The maximum Gasteiger partial charge on any atom is 0.0630 e. The molecule has 1 heteroatoms. The number of aliphatic hydroxyl groups is 1. The smallest absolute Gasteiger partial charge is 0.0630 e. The molecule has 0 aromatic rings. The minimum atomic E-state index is -0.0341. The summed E-state index contributed by atoms with van der Waals surface area (Å²) >= 11 is 0. The first kappa shape index (κ1) is 13.0. The van der Waals surface area contributed by atoms with Crippen molar-refractivity contribution in [2.45, 2.75) is 78.2 Å². The Balaban J connectivity index is 1.74. The normalized spacial score (nSPS) is 47.7. The highest BCUT2D eigenvalue weighted by molar-refractivity contribution is 5.14. The predicted molar refractivity (Wildman–Crippen MR) is 75.3 cm³/mol. The molecule has 0 unspecified atom stereocenters. The number of hydrogen-bond acceptors (Lipinski definition) is 1. The van der Waals surface area contributed by atoms with Gasteiger partial charge in [0.15, 0.2) is 0 Å². The van der Waals surface area contributed by atoms with Gasteiger partial charge in [0.1, 0.15) is 0 Å². The Labute approximate surface area is 112 Å². The molecule has 0 saturated heterocycles. The van der Waals surface area contributed by atoms with Crippen molar-refractivity contribution in [1.82, 2.24) is 0 Å². The fourth-order valence-corrected chi connectivity index (χ4v) is 5.63. The Morgan fingerprint density at radius 2 is 1.67 bits per heavy atom. The minimum Gasteiger partial charge on any atom is -0.392 e. The molecule has 4 atom stereocenters. The first-order valence-electron chi connectivity index (χ1n) is 8.15. The van der Waals surface area contributed by atoms with Gasteiger partial charge in [-0.1, -0.05) is 52.9 Å². The van der Waals surface area contributed by atoms with E-state index in [1.54, 1.807) is 0 Å². The van der Waals surface area contributed by atoms with Crippen LogP contribution >= 0.6 is 0 Å². The van der Waals surface area contributed by atoms with Crippen molar-refractivity contribution in [2.24, 2.45) is 28.6 Å². The van der Waals surface area contributed by atoms with Gasteiger partial charge in [-0.15, -0.1) is 0 Å². The maximum absolute atomic E-state index is 10.8. The molecule has 0 spiro atoms. The molecule has 3 rings (SSSR count). The van der Waals surface area contributed by atoms with Gasteiger partial charge in [0.25, 0.3) is 0 Å². The van der Waals surface area contributed by atoms with E-state index in [-0.39, 0.29) is 11.5 Å². The fraction of sp³-hybridized carbons (Fsp3) is 1.00. The van der Waals surface area contributed by atoms with Gasteiger partial charge < -0.3 is 5.11 Å². The van der Waals surface area contributed by atoms with Crippen molar-refractivity contribution < 1.29 is 5.11 Å². The molecular formula is C17H30O. The van der Waals surface area contributed by atoms with E-state index < -0.39 is 0 Å². The van der Waals surface area contributed by atoms with E-state index in [0.717, 1.165) is 11.8 Å². The summed E-state index contributed by atoms with van der Waals surface area (Å²) in [4.78, 5) is 0. The second-order valence-corrected chi connectivity index (χ2v) is 8.13. The molecule has 0 radical (unpaired) electrons. The van der Waals surface area contributed by atoms with E-state index in [2.05, 4.69) is 20.8 Å². The molecular weight excluding hydrogens is 220 g/mol. The zero-order valence-corrected chi connectivity index (χ0v) is 12.4. The monoisotopic (exact) mass is 250 g/mol. The molecule has 0 amide bonds. The van der Waals surface area contributed by atoms with Crippen molar-refractivity contribution in [3.8, 4) is 0 Å². The average molecular weight is 250 g/mol. The van der Waals surface area contributed by atoms with Crippen molar-refractivity contribution >= 4 is 0 Å². The number of fused-ring (bicyclic) bond motifs is 2. The van der Waals surface area contributed by atoms with Crippen LogP contribution in [0.25, 0.3) is 0 Å². The molecule has 0 heterocycles. The topological polar surface area (TPSA) is 20.2 Å². The predicted octanol–water partition coefficient (Wildman–Crippen LogP) is 4.39. The van der Waals surface area contributed by atoms with E-state index in [1.807, 2.05) is 0 Å². The van der Waals surface area contributed by atoms with Crippen LogP contribution in [0.3, 0.4) is 0 Å². The lowest BCUT2D eigenvalue weighted by Crippen LogP contribution is -2.38. The Bertz CT molecular complexity index is 316. The van der Waals surface area contributed by atoms with Gasteiger partial charge in [-0.05, 0) is 47.8 Å². The van der Waals surface area contributed by atoms with Gasteiger partial charge in [0.05, 0.1) is 6.10 Å². The molecule has 1 N–H and O–H groups in total. The second-order valence-electron chi connectivity index (χ2n) is 8.13. The van der Waals surface area contributed by atoms with Crippen LogP contribution < -0.4 is 0 Å². The van der Waals surface area contributed by atoms with Crippen LogP contribution in [0, 0.1) is 28.6 Å². The van der Waals surface area contributed by atoms with Gasteiger partial charge in [-0.25, -0.2) is 0 Å². The summed E-state index contributed by atoms with van der Waals surface area (Å²) in [7, 11) is 0. The highest BCUT2D eigenvalue weighted by atomic mass is 16.3. The Morgan fingerprint density at radius 1 is 1.00 bits per heavy atom. The van der Waals surface area contributed by atoms with E-state index in [9.17, 15) is 5.11 Å². The van der Waals surface area contributed by atoms with E-state index in [0.29, 0.717) is 11.3 Å². The molecule has 2 bridgehead atoms. The molecule has 0 aliphatic heterocycles. The van der Waals surface area contributed by atoms with E-state index >= 15 is 0 Å². The largest absolute Gasteiger partial charge is 0.392 e. The van der Waals surface area contributed by atoms with Gasteiger partial charge in [-0.3, -0.25) is 0 Å². The summed E-state index contributed by atoms with van der Waals surface area (Å²) in [5.41, 5.74) is 0.544. The second kappa shape index (κ2) is 4.23. The quantitative estimate of drug-likeness (QED) is 0.770. The van der Waals surface area contributed by atoms with Gasteiger partial charge in [0, 0.05) is 0 Å². The Morgan fingerprint density at radius 3 is 2.22 bits per heavy atom. The fourth-order valence-electron chi connectivity index (χ4n) is 5.63. The van der Waals surface area contributed by atoms with E-state index in [1.165, 1.54) is 51.4 Å². The third kappa shape index (κ3) is 1.62. The first-order chi connectivity index (χ1) is 8.47. The van der Waals surface area contributed by atoms with Crippen LogP contribution in [0.2, 0.25) is 0 Å². The highest BCUT2D eigenvalue weighted by Gasteiger charge is 2.65. The summed E-state index contributed by atoms with van der Waals surface area (Å²) in [6.07, 6.45) is 11.0. The summed E-state index contributed by atoms with van der Waals surface area (Å²) in [5, 5.41) is 10.8. The summed E-state index contributed by atoms with van der Waals surface area (Å²) < 4.78 is 0. The molecule has 3 aliphatic carbocycles. The number of rotatable bonds is 2. The van der Waals surface area contributed by atoms with Crippen LogP contribution in [0.1, 0.15) is 72.1 Å². The number of hydrogen-bond donors (Lipinski definition) is 1. The molecule has 0 aromatic heterocycles. The van der Waals surface area contributed by atoms with E-state index in [4.69, 9.17) is 0 Å². The van der Waals surface area contributed by atoms with Gasteiger partial charge in [-0.2, -0.15) is 0 Å². The molecule has 1 nitrogen and oxygen atoms in total. The van der Waals surface area contributed by atoms with Crippen LogP contribution in [0.5, 0.6) is 0 Å². The van der Waals surface area contributed by atoms with Crippen molar-refractivity contribution in [3.63, 3.8) is 0 Å². The zero-order chi connectivity index (χ0) is 13.0. The van der Waals surface area contributed by atoms with Gasteiger partial charge in [0.2, 0.25) is 0 Å². The SMILES string of the molecule is CC1(C)[C@H]2CC[C@]1(C)[C@@H](O)[C@H]2CC1CCCCC1. The van der Waals surface area contributed by atoms with Crippen molar-refractivity contribution in [3.05, 3.63) is 0 Å². The van der Waals surface area contributed by atoms with Crippen molar-refractivity contribution in [1.29, 1.82) is 0 Å². The minimum absolute atomic E-state index is 0.0341. The third-order valence-electron chi connectivity index (χ3n) is 7.28. The number of aliphatic hydroxyl groups excluding tert-OH is 1. The molecule has 0 aromatic carbocycles. The van der Waals surface area contributed by atoms with Crippen LogP contribution in [0.4, 0.5) is 0 Å². The lowest BCUT2D eigenvalue weighted by molar-refractivity contribution is -0.0169. The van der Waals surface area contributed by atoms with Crippen LogP contribution in [-0.2, 0) is 0 Å². The molecule has 3 fully saturated rings. The summed E-state index contributed by atoms with van der Waals surface area (Å²) in [6, 6.07) is 0.